The molecule has 1 heterocycles. The van der Waals surface area contributed by atoms with Gasteiger partial charge in [-0.15, -0.1) is 5.10 Å². The van der Waals surface area contributed by atoms with Crippen LogP contribution in [0.4, 0.5) is 0 Å². The molecular weight excluding hydrogens is 280 g/mol. The molecule has 0 radical (unpaired) electrons. The first kappa shape index (κ1) is 14.5. The minimum atomic E-state index is -0.301. The number of hydrogen-bond donors (Lipinski definition) is 1. The van der Waals surface area contributed by atoms with E-state index in [1.807, 2.05) is 12.1 Å². The average Bonchev–Trinajstić information content (AvgIpc) is 2.94. The van der Waals surface area contributed by atoms with Crippen LogP contribution in [0.1, 0.15) is 17.4 Å². The number of para-hydroxylation sites is 1. The second-order valence-electron chi connectivity index (χ2n) is 4.45. The van der Waals surface area contributed by atoms with Crippen molar-refractivity contribution in [3.63, 3.8) is 0 Å². The maximum Gasteiger partial charge on any atom is 0.276 e. The first-order valence-corrected chi connectivity index (χ1v) is 6.47. The van der Waals surface area contributed by atoms with Gasteiger partial charge in [0, 0.05) is 7.05 Å². The van der Waals surface area contributed by atoms with Crippen LogP contribution < -0.4 is 0 Å². The molecule has 0 saturated heterocycles. The number of benzene rings is 1. The molecule has 7 heteroatoms. The molecule has 0 bridgehead atoms. The summed E-state index contributed by atoms with van der Waals surface area (Å²) < 4.78 is 1.45. The van der Waals surface area contributed by atoms with Gasteiger partial charge >= 0.3 is 0 Å². The lowest BCUT2D eigenvalue weighted by Gasteiger charge is -2.21. The van der Waals surface area contributed by atoms with Crippen LogP contribution in [0.3, 0.4) is 0 Å². The maximum absolute atomic E-state index is 12.1. The Labute approximate surface area is 121 Å². The second-order valence-corrected chi connectivity index (χ2v) is 4.85. The Morgan fingerprint density at radius 1 is 1.50 bits per heavy atom. The maximum atomic E-state index is 12.1. The molecule has 1 amide bonds. The number of halogens is 1. The number of hydrogen-bond acceptors (Lipinski definition) is 4. The molecule has 1 N–H and O–H groups in total. The van der Waals surface area contributed by atoms with E-state index in [0.717, 1.165) is 0 Å². The van der Waals surface area contributed by atoms with E-state index in [-0.39, 0.29) is 24.2 Å². The lowest BCUT2D eigenvalue weighted by molar-refractivity contribution is 0.0676. The number of carbonyl (C=O) groups excluding carboxylic acids is 1. The van der Waals surface area contributed by atoms with E-state index in [9.17, 15) is 4.79 Å². The molecule has 2 aromatic rings. The molecule has 6 nitrogen and oxygen atoms in total. The molecular formula is C13H15ClN4O2. The second kappa shape index (κ2) is 6.02. The fourth-order valence-electron chi connectivity index (χ4n) is 1.62. The summed E-state index contributed by atoms with van der Waals surface area (Å²) in [7, 11) is 1.61. The van der Waals surface area contributed by atoms with Gasteiger partial charge in [-0.2, -0.15) is 0 Å². The molecule has 2 rings (SSSR count). The zero-order valence-corrected chi connectivity index (χ0v) is 11.9. The van der Waals surface area contributed by atoms with Crippen molar-refractivity contribution in [3.8, 4) is 5.69 Å². The van der Waals surface area contributed by atoms with Crippen LogP contribution in [-0.2, 0) is 0 Å². The molecule has 0 aliphatic carbocycles. The van der Waals surface area contributed by atoms with Crippen LogP contribution in [0, 0.1) is 0 Å². The minimum Gasteiger partial charge on any atom is -0.394 e. The number of aliphatic hydroxyl groups excluding tert-OH is 1. The molecule has 0 spiro atoms. The summed E-state index contributed by atoms with van der Waals surface area (Å²) in [5, 5.41) is 17.4. The highest BCUT2D eigenvalue weighted by molar-refractivity contribution is 6.32. The van der Waals surface area contributed by atoms with Crippen molar-refractivity contribution in [1.82, 2.24) is 19.9 Å². The summed E-state index contributed by atoms with van der Waals surface area (Å²) in [5.41, 5.74) is 0.853. The van der Waals surface area contributed by atoms with Crippen molar-refractivity contribution in [3.05, 3.63) is 41.2 Å². The van der Waals surface area contributed by atoms with Crippen LogP contribution >= 0.6 is 11.6 Å². The molecule has 1 unspecified atom stereocenters. The van der Waals surface area contributed by atoms with E-state index in [0.29, 0.717) is 10.7 Å². The first-order chi connectivity index (χ1) is 9.54. The molecule has 1 aromatic carbocycles. The topological polar surface area (TPSA) is 71.2 Å². The fraction of sp³-hybridized carbons (Fsp3) is 0.308. The van der Waals surface area contributed by atoms with Gasteiger partial charge in [-0.3, -0.25) is 4.79 Å². The Kier molecular flexibility index (Phi) is 4.36. The Bertz CT molecular complexity index is 614. The number of aliphatic hydroxyl groups is 1. The predicted octanol–water partition coefficient (Wildman–Crippen LogP) is 1.37. The minimum absolute atomic E-state index is 0.110. The van der Waals surface area contributed by atoms with Gasteiger partial charge < -0.3 is 10.0 Å². The Balaban J connectivity index is 2.26. The van der Waals surface area contributed by atoms with Gasteiger partial charge in [-0.25, -0.2) is 4.68 Å². The number of nitrogens with zero attached hydrogens (tertiary/aromatic N) is 4. The first-order valence-electron chi connectivity index (χ1n) is 6.10. The standard InChI is InChI=1S/C13H15ClN4O2/c1-9(8-19)17(2)13(20)11-7-18(16-15-11)12-6-4-3-5-10(12)14/h3-7,9,19H,8H2,1-2H3. The zero-order chi connectivity index (χ0) is 14.7. The van der Waals surface area contributed by atoms with E-state index in [1.165, 1.54) is 15.8 Å². The highest BCUT2D eigenvalue weighted by Gasteiger charge is 2.20. The van der Waals surface area contributed by atoms with Crippen LogP contribution in [0.5, 0.6) is 0 Å². The lowest BCUT2D eigenvalue weighted by atomic mass is 10.3. The van der Waals surface area contributed by atoms with Gasteiger partial charge in [-0.1, -0.05) is 28.9 Å². The normalized spacial score (nSPS) is 12.2. The SMILES string of the molecule is CC(CO)N(C)C(=O)c1cn(-c2ccccc2Cl)nn1. The highest BCUT2D eigenvalue weighted by atomic mass is 35.5. The van der Waals surface area contributed by atoms with Crippen LogP contribution in [-0.4, -0.2) is 50.6 Å². The molecule has 0 saturated carbocycles. The predicted molar refractivity (Wildman–Crippen MR) is 75.0 cm³/mol. The van der Waals surface area contributed by atoms with Gasteiger partial charge in [-0.05, 0) is 19.1 Å². The van der Waals surface area contributed by atoms with Crippen molar-refractivity contribution in [2.45, 2.75) is 13.0 Å². The summed E-state index contributed by atoms with van der Waals surface area (Å²) in [4.78, 5) is 13.6. The monoisotopic (exact) mass is 294 g/mol. The Morgan fingerprint density at radius 2 is 2.20 bits per heavy atom. The van der Waals surface area contributed by atoms with E-state index in [2.05, 4.69) is 10.3 Å². The Hall–Kier alpha value is -1.92. The van der Waals surface area contributed by atoms with E-state index in [4.69, 9.17) is 16.7 Å². The van der Waals surface area contributed by atoms with Gasteiger partial charge in [0.15, 0.2) is 5.69 Å². The molecule has 1 aromatic heterocycles. The molecule has 0 fully saturated rings. The third-order valence-electron chi connectivity index (χ3n) is 3.06. The number of aromatic nitrogens is 3. The van der Waals surface area contributed by atoms with E-state index < -0.39 is 0 Å². The van der Waals surface area contributed by atoms with E-state index >= 15 is 0 Å². The quantitative estimate of drug-likeness (QED) is 0.924. The molecule has 20 heavy (non-hydrogen) atoms. The molecule has 0 aliphatic rings. The number of likely N-dealkylation sites (N-methyl/N-ethyl adjacent to an activating group) is 1. The van der Waals surface area contributed by atoms with Gasteiger partial charge in [0.05, 0.1) is 29.6 Å². The summed E-state index contributed by atoms with van der Waals surface area (Å²) in [5.74, 6) is -0.301. The summed E-state index contributed by atoms with van der Waals surface area (Å²) in [6.07, 6.45) is 1.52. The van der Waals surface area contributed by atoms with Gasteiger partial charge in [0.2, 0.25) is 0 Å². The fourth-order valence-corrected chi connectivity index (χ4v) is 1.84. The molecule has 106 valence electrons. The Morgan fingerprint density at radius 3 is 2.85 bits per heavy atom. The average molecular weight is 295 g/mol. The number of carbonyl (C=O) groups is 1. The van der Waals surface area contributed by atoms with Crippen molar-refractivity contribution in [2.24, 2.45) is 0 Å². The van der Waals surface area contributed by atoms with Crippen molar-refractivity contribution >= 4 is 17.5 Å². The van der Waals surface area contributed by atoms with E-state index in [1.54, 1.807) is 26.1 Å². The summed E-state index contributed by atoms with van der Waals surface area (Å²) in [6.45, 7) is 1.64. The summed E-state index contributed by atoms with van der Waals surface area (Å²) >= 11 is 6.07. The zero-order valence-electron chi connectivity index (χ0n) is 11.2. The van der Waals surface area contributed by atoms with Crippen molar-refractivity contribution < 1.29 is 9.90 Å². The molecule has 1 atom stereocenters. The number of rotatable bonds is 4. The third-order valence-corrected chi connectivity index (χ3v) is 3.38. The van der Waals surface area contributed by atoms with Crippen molar-refractivity contribution in [2.75, 3.05) is 13.7 Å². The summed E-state index contributed by atoms with van der Waals surface area (Å²) in [6, 6.07) is 6.87. The number of amides is 1. The van der Waals surface area contributed by atoms with Gasteiger partial charge in [0.25, 0.3) is 5.91 Å². The van der Waals surface area contributed by atoms with Crippen LogP contribution in [0.2, 0.25) is 5.02 Å². The van der Waals surface area contributed by atoms with Crippen LogP contribution in [0.15, 0.2) is 30.5 Å². The van der Waals surface area contributed by atoms with Crippen molar-refractivity contribution in [1.29, 1.82) is 0 Å². The largest absolute Gasteiger partial charge is 0.394 e. The van der Waals surface area contributed by atoms with Gasteiger partial charge in [0.1, 0.15) is 0 Å². The smallest absolute Gasteiger partial charge is 0.276 e. The highest BCUT2D eigenvalue weighted by Crippen LogP contribution is 2.19. The molecule has 0 aliphatic heterocycles. The third kappa shape index (κ3) is 2.81. The lowest BCUT2D eigenvalue weighted by Crippen LogP contribution is -2.37. The van der Waals surface area contributed by atoms with Crippen LogP contribution in [0.25, 0.3) is 5.69 Å².